The third-order valence-electron chi connectivity index (χ3n) is 2.50. The molecule has 0 aliphatic carbocycles. The first kappa shape index (κ1) is 13.5. The van der Waals surface area contributed by atoms with Crippen LogP contribution in [-0.4, -0.2) is 21.4 Å². The predicted molar refractivity (Wildman–Crippen MR) is 72.5 cm³/mol. The predicted octanol–water partition coefficient (Wildman–Crippen LogP) is 2.60. The molecule has 0 spiro atoms. The van der Waals surface area contributed by atoms with E-state index in [4.69, 9.17) is 4.52 Å². The van der Waals surface area contributed by atoms with Gasteiger partial charge in [0.1, 0.15) is 16.4 Å². The fourth-order valence-electron chi connectivity index (χ4n) is 1.51. The summed E-state index contributed by atoms with van der Waals surface area (Å²) in [4.78, 5) is 11.8. The summed E-state index contributed by atoms with van der Waals surface area (Å²) in [5.41, 5.74) is 1.33. The van der Waals surface area contributed by atoms with Crippen LogP contribution < -0.4 is 10.6 Å². The Morgan fingerprint density at radius 2 is 2.05 bits per heavy atom. The van der Waals surface area contributed by atoms with Crippen LogP contribution in [0.15, 0.2) is 4.52 Å². The Morgan fingerprint density at radius 3 is 2.68 bits per heavy atom. The molecule has 0 radical (unpaired) electrons. The number of anilines is 2. The zero-order valence-electron chi connectivity index (χ0n) is 11.0. The number of urea groups is 1. The molecule has 0 bridgehead atoms. The van der Waals surface area contributed by atoms with Gasteiger partial charge in [0, 0.05) is 0 Å². The lowest BCUT2D eigenvalue weighted by atomic mass is 10.2. The number of nitrogens with zero attached hydrogens (tertiary/aromatic N) is 3. The number of carbonyl (C=O) groups is 1. The van der Waals surface area contributed by atoms with Gasteiger partial charge in [-0.2, -0.15) is 0 Å². The Balaban J connectivity index is 2.03. The van der Waals surface area contributed by atoms with Gasteiger partial charge in [0.05, 0.1) is 0 Å². The van der Waals surface area contributed by atoms with E-state index in [0.717, 1.165) is 17.1 Å². The summed E-state index contributed by atoms with van der Waals surface area (Å²) in [6.45, 7) is 5.68. The van der Waals surface area contributed by atoms with E-state index in [-0.39, 0.29) is 6.03 Å². The molecule has 2 aromatic rings. The van der Waals surface area contributed by atoms with E-state index in [1.54, 1.807) is 6.92 Å². The third-order valence-corrected chi connectivity index (χ3v) is 3.48. The summed E-state index contributed by atoms with van der Waals surface area (Å²) in [6, 6.07) is -0.375. The number of nitrogens with one attached hydrogen (secondary N) is 2. The molecule has 0 fully saturated rings. The molecule has 102 valence electrons. The molecule has 19 heavy (non-hydrogen) atoms. The molecular formula is C11H15N5O2S. The Kier molecular flexibility index (Phi) is 4.10. The Labute approximate surface area is 114 Å². The van der Waals surface area contributed by atoms with Crippen LogP contribution in [0, 0.1) is 6.92 Å². The smallest absolute Gasteiger partial charge is 0.325 e. The minimum atomic E-state index is -0.375. The van der Waals surface area contributed by atoms with Crippen molar-refractivity contribution >= 4 is 28.2 Å². The van der Waals surface area contributed by atoms with Crippen LogP contribution in [0.2, 0.25) is 0 Å². The maximum absolute atomic E-state index is 11.8. The van der Waals surface area contributed by atoms with Crippen LogP contribution in [0.25, 0.3) is 0 Å². The lowest BCUT2D eigenvalue weighted by Crippen LogP contribution is -2.20. The van der Waals surface area contributed by atoms with Crippen molar-refractivity contribution in [3.63, 3.8) is 0 Å². The second kappa shape index (κ2) is 5.79. The van der Waals surface area contributed by atoms with Crippen LogP contribution >= 0.6 is 11.3 Å². The number of amides is 2. The number of aryl methyl sites for hydroxylation is 3. The van der Waals surface area contributed by atoms with Gasteiger partial charge in [0.25, 0.3) is 0 Å². The Bertz CT molecular complexity index is 577. The van der Waals surface area contributed by atoms with E-state index in [1.807, 2.05) is 13.8 Å². The highest BCUT2D eigenvalue weighted by atomic mass is 32.1. The minimum Gasteiger partial charge on any atom is -0.359 e. The van der Waals surface area contributed by atoms with Gasteiger partial charge in [0.15, 0.2) is 5.76 Å². The lowest BCUT2D eigenvalue weighted by Gasteiger charge is -2.04. The molecule has 0 saturated carbocycles. The van der Waals surface area contributed by atoms with Gasteiger partial charge >= 0.3 is 6.03 Å². The van der Waals surface area contributed by atoms with Gasteiger partial charge in [-0.05, 0) is 19.8 Å². The van der Waals surface area contributed by atoms with Crippen molar-refractivity contribution in [2.75, 3.05) is 10.6 Å². The summed E-state index contributed by atoms with van der Waals surface area (Å²) in [7, 11) is 0. The average molecular weight is 281 g/mol. The molecule has 2 rings (SSSR count). The number of carbonyl (C=O) groups excluding carboxylic acids is 1. The molecule has 0 atom stereocenters. The van der Waals surface area contributed by atoms with E-state index >= 15 is 0 Å². The van der Waals surface area contributed by atoms with Crippen molar-refractivity contribution in [2.24, 2.45) is 0 Å². The second-order valence-corrected chi connectivity index (χ2v) is 4.91. The normalized spacial score (nSPS) is 10.5. The van der Waals surface area contributed by atoms with Gasteiger partial charge in [-0.25, -0.2) is 4.79 Å². The quantitative estimate of drug-likeness (QED) is 0.898. The van der Waals surface area contributed by atoms with Crippen LogP contribution in [0.5, 0.6) is 0 Å². The number of hydrogen-bond acceptors (Lipinski definition) is 6. The van der Waals surface area contributed by atoms with E-state index in [1.165, 1.54) is 11.3 Å². The first-order valence-corrected chi connectivity index (χ1v) is 6.81. The summed E-state index contributed by atoms with van der Waals surface area (Å²) in [5, 5.41) is 18.4. The van der Waals surface area contributed by atoms with E-state index < -0.39 is 0 Å². The maximum atomic E-state index is 11.8. The van der Waals surface area contributed by atoms with Crippen LogP contribution in [0.1, 0.15) is 30.3 Å². The topological polar surface area (TPSA) is 92.9 Å². The van der Waals surface area contributed by atoms with Crippen molar-refractivity contribution in [1.82, 2.24) is 15.4 Å². The molecule has 0 unspecified atom stereocenters. The second-order valence-electron chi connectivity index (χ2n) is 3.85. The maximum Gasteiger partial charge on any atom is 0.325 e. The molecule has 0 aliphatic heterocycles. The molecule has 8 heteroatoms. The van der Waals surface area contributed by atoms with Crippen LogP contribution in [0.3, 0.4) is 0 Å². The van der Waals surface area contributed by atoms with Gasteiger partial charge in [-0.15, -0.1) is 10.2 Å². The molecule has 2 aromatic heterocycles. The fraction of sp³-hybridized carbons (Fsp3) is 0.455. The third kappa shape index (κ3) is 3.08. The van der Waals surface area contributed by atoms with Gasteiger partial charge < -0.3 is 9.84 Å². The van der Waals surface area contributed by atoms with Crippen molar-refractivity contribution in [3.05, 3.63) is 16.5 Å². The standard InChI is InChI=1S/C11H15N5O2S/c1-4-7-9(6(3)18-16-7)12-10(17)13-11-15-14-8(5-2)19-11/h4-5H2,1-3H3,(H2,12,13,15,17). The van der Waals surface area contributed by atoms with Crippen molar-refractivity contribution < 1.29 is 9.32 Å². The fourth-order valence-corrected chi connectivity index (χ4v) is 2.18. The molecule has 0 aliphatic rings. The van der Waals surface area contributed by atoms with Crippen molar-refractivity contribution in [2.45, 2.75) is 33.6 Å². The van der Waals surface area contributed by atoms with Gasteiger partial charge in [-0.1, -0.05) is 30.3 Å². The van der Waals surface area contributed by atoms with Crippen molar-refractivity contribution in [3.8, 4) is 0 Å². The minimum absolute atomic E-state index is 0.375. The highest BCUT2D eigenvalue weighted by Crippen LogP contribution is 2.21. The molecule has 2 amide bonds. The highest BCUT2D eigenvalue weighted by Gasteiger charge is 2.15. The SMILES string of the molecule is CCc1nnc(NC(=O)Nc2c(CC)noc2C)s1. The van der Waals surface area contributed by atoms with Gasteiger partial charge in [-0.3, -0.25) is 5.32 Å². The number of hydrogen-bond donors (Lipinski definition) is 2. The summed E-state index contributed by atoms with van der Waals surface area (Å²) in [5.74, 6) is 0.582. The first-order chi connectivity index (χ1) is 9.13. The van der Waals surface area contributed by atoms with Gasteiger partial charge in [0.2, 0.25) is 5.13 Å². The Hall–Kier alpha value is -1.96. The zero-order valence-corrected chi connectivity index (χ0v) is 11.8. The number of rotatable bonds is 4. The van der Waals surface area contributed by atoms with E-state index in [0.29, 0.717) is 23.0 Å². The largest absolute Gasteiger partial charge is 0.359 e. The molecule has 0 saturated heterocycles. The summed E-state index contributed by atoms with van der Waals surface area (Å²) >= 11 is 1.35. The summed E-state index contributed by atoms with van der Waals surface area (Å²) in [6.07, 6.45) is 1.48. The average Bonchev–Trinajstić information content (AvgIpc) is 2.97. The molecule has 2 heterocycles. The van der Waals surface area contributed by atoms with Crippen molar-refractivity contribution in [1.29, 1.82) is 0 Å². The molecule has 2 N–H and O–H groups in total. The number of aromatic nitrogens is 3. The summed E-state index contributed by atoms with van der Waals surface area (Å²) < 4.78 is 5.04. The van der Waals surface area contributed by atoms with E-state index in [2.05, 4.69) is 26.0 Å². The monoisotopic (exact) mass is 281 g/mol. The molecule has 0 aromatic carbocycles. The molecular weight excluding hydrogens is 266 g/mol. The highest BCUT2D eigenvalue weighted by molar-refractivity contribution is 7.15. The Morgan fingerprint density at radius 1 is 1.26 bits per heavy atom. The van der Waals surface area contributed by atoms with E-state index in [9.17, 15) is 4.79 Å². The van der Waals surface area contributed by atoms with Crippen LogP contribution in [-0.2, 0) is 12.8 Å². The van der Waals surface area contributed by atoms with Crippen LogP contribution in [0.4, 0.5) is 15.6 Å². The first-order valence-electron chi connectivity index (χ1n) is 5.99. The molecule has 7 nitrogen and oxygen atoms in total. The lowest BCUT2D eigenvalue weighted by molar-refractivity contribution is 0.262. The zero-order chi connectivity index (χ0) is 13.8.